The van der Waals surface area contributed by atoms with Gasteiger partial charge in [0.15, 0.2) is 0 Å². The molecule has 2 heterocycles. The van der Waals surface area contributed by atoms with Crippen LogP contribution in [0.4, 0.5) is 0 Å². The molecule has 2 aliphatic rings. The number of aryl methyl sites for hydroxylation is 1. The Bertz CT molecular complexity index is 933. The number of para-hydroxylation sites is 1. The second-order valence-corrected chi connectivity index (χ2v) is 10.2. The SMILES string of the molecule is COc1ccc(CN2CCC3(CCCCc4ccccc4OCCN(C(C)C)C3=O)CC2)cc1. The first kappa shape index (κ1) is 24.6. The van der Waals surface area contributed by atoms with Crippen LogP contribution in [0.1, 0.15) is 57.1 Å². The normalized spacial score (nSPS) is 19.8. The molecule has 0 atom stereocenters. The Kier molecular flexibility index (Phi) is 8.15. The Hall–Kier alpha value is -2.53. The van der Waals surface area contributed by atoms with Crippen LogP contribution in [0.5, 0.6) is 11.5 Å². The van der Waals surface area contributed by atoms with E-state index in [-0.39, 0.29) is 11.5 Å². The van der Waals surface area contributed by atoms with E-state index in [1.165, 1.54) is 11.1 Å². The molecule has 5 heteroatoms. The molecule has 1 saturated heterocycles. The number of rotatable bonds is 4. The lowest BCUT2D eigenvalue weighted by atomic mass is 9.72. The van der Waals surface area contributed by atoms with Crippen LogP contribution in [-0.4, -0.2) is 55.1 Å². The molecular weight excluding hydrogens is 424 g/mol. The number of hydrogen-bond acceptors (Lipinski definition) is 4. The molecule has 1 fully saturated rings. The van der Waals surface area contributed by atoms with Crippen molar-refractivity contribution in [2.24, 2.45) is 5.41 Å². The molecule has 2 aromatic carbocycles. The Morgan fingerprint density at radius 1 is 0.971 bits per heavy atom. The summed E-state index contributed by atoms with van der Waals surface area (Å²) in [6.45, 7) is 8.29. The fourth-order valence-corrected chi connectivity index (χ4v) is 5.48. The van der Waals surface area contributed by atoms with Gasteiger partial charge in [-0.1, -0.05) is 36.8 Å². The summed E-state index contributed by atoms with van der Waals surface area (Å²) in [7, 11) is 1.70. The first-order valence-corrected chi connectivity index (χ1v) is 12.9. The summed E-state index contributed by atoms with van der Waals surface area (Å²) in [5, 5.41) is 0. The number of likely N-dealkylation sites (tertiary alicyclic amines) is 1. The first-order valence-electron chi connectivity index (χ1n) is 12.9. The molecule has 34 heavy (non-hydrogen) atoms. The number of piperidine rings is 1. The van der Waals surface area contributed by atoms with E-state index < -0.39 is 0 Å². The zero-order valence-corrected chi connectivity index (χ0v) is 21.1. The predicted octanol–water partition coefficient (Wildman–Crippen LogP) is 5.32. The molecule has 0 N–H and O–H groups in total. The zero-order valence-electron chi connectivity index (χ0n) is 21.1. The number of methoxy groups -OCH3 is 1. The minimum Gasteiger partial charge on any atom is -0.497 e. The monoisotopic (exact) mass is 464 g/mol. The maximum Gasteiger partial charge on any atom is 0.229 e. The quantitative estimate of drug-likeness (QED) is 0.614. The van der Waals surface area contributed by atoms with Crippen molar-refractivity contribution in [2.45, 2.75) is 65.0 Å². The molecule has 1 spiro atoms. The summed E-state index contributed by atoms with van der Waals surface area (Å²) >= 11 is 0. The fourth-order valence-electron chi connectivity index (χ4n) is 5.48. The molecule has 5 nitrogen and oxygen atoms in total. The smallest absolute Gasteiger partial charge is 0.229 e. The van der Waals surface area contributed by atoms with Crippen LogP contribution in [0.2, 0.25) is 0 Å². The van der Waals surface area contributed by atoms with E-state index >= 15 is 0 Å². The minimum absolute atomic E-state index is 0.170. The molecule has 0 unspecified atom stereocenters. The molecule has 4 rings (SSSR count). The lowest BCUT2D eigenvalue weighted by molar-refractivity contribution is -0.148. The molecule has 0 saturated carbocycles. The van der Waals surface area contributed by atoms with E-state index in [0.29, 0.717) is 19.1 Å². The van der Waals surface area contributed by atoms with Crippen LogP contribution in [0.15, 0.2) is 48.5 Å². The molecule has 0 bridgehead atoms. The summed E-state index contributed by atoms with van der Waals surface area (Å²) < 4.78 is 11.4. The van der Waals surface area contributed by atoms with Gasteiger partial charge >= 0.3 is 0 Å². The van der Waals surface area contributed by atoms with Gasteiger partial charge in [-0.05, 0) is 88.4 Å². The number of carbonyl (C=O) groups excluding carboxylic acids is 1. The summed E-state index contributed by atoms with van der Waals surface area (Å²) in [5.41, 5.74) is 2.33. The highest BCUT2D eigenvalue weighted by atomic mass is 16.5. The van der Waals surface area contributed by atoms with E-state index in [1.54, 1.807) is 7.11 Å². The lowest BCUT2D eigenvalue weighted by Crippen LogP contribution is -2.53. The second kappa shape index (κ2) is 11.3. The average Bonchev–Trinajstić information content (AvgIpc) is 2.85. The second-order valence-electron chi connectivity index (χ2n) is 10.2. The molecular formula is C29H40N2O3. The maximum atomic E-state index is 14.0. The van der Waals surface area contributed by atoms with Crippen LogP contribution in [0, 0.1) is 5.41 Å². The van der Waals surface area contributed by atoms with E-state index in [2.05, 4.69) is 54.0 Å². The highest BCUT2D eigenvalue weighted by Gasteiger charge is 2.43. The fraction of sp³-hybridized carbons (Fsp3) is 0.552. The van der Waals surface area contributed by atoms with Crippen molar-refractivity contribution in [1.82, 2.24) is 9.80 Å². The summed E-state index contributed by atoms with van der Waals surface area (Å²) in [5.74, 6) is 2.20. The molecule has 2 aliphatic heterocycles. The molecule has 184 valence electrons. The van der Waals surface area contributed by atoms with E-state index in [1.807, 2.05) is 18.2 Å². The van der Waals surface area contributed by atoms with Crippen molar-refractivity contribution in [3.05, 3.63) is 59.7 Å². The Balaban J connectivity index is 1.46. The van der Waals surface area contributed by atoms with Gasteiger partial charge in [-0.15, -0.1) is 0 Å². The number of hydrogen-bond donors (Lipinski definition) is 0. The third-order valence-corrected chi connectivity index (χ3v) is 7.63. The number of fused-ring (bicyclic) bond motifs is 1. The van der Waals surface area contributed by atoms with Gasteiger partial charge in [0.25, 0.3) is 0 Å². The van der Waals surface area contributed by atoms with Gasteiger partial charge in [0.2, 0.25) is 5.91 Å². The van der Waals surface area contributed by atoms with Gasteiger partial charge < -0.3 is 14.4 Å². The number of benzene rings is 2. The Labute approximate surface area is 205 Å². The van der Waals surface area contributed by atoms with E-state index in [4.69, 9.17) is 9.47 Å². The maximum absolute atomic E-state index is 14.0. The number of carbonyl (C=O) groups is 1. The minimum atomic E-state index is -0.251. The van der Waals surface area contributed by atoms with Crippen molar-refractivity contribution in [2.75, 3.05) is 33.4 Å². The average molecular weight is 465 g/mol. The molecule has 0 radical (unpaired) electrons. The van der Waals surface area contributed by atoms with Gasteiger partial charge in [0, 0.05) is 12.6 Å². The van der Waals surface area contributed by atoms with Gasteiger partial charge in [0.1, 0.15) is 18.1 Å². The molecule has 2 aromatic rings. The Morgan fingerprint density at radius 2 is 1.71 bits per heavy atom. The molecule has 0 aromatic heterocycles. The van der Waals surface area contributed by atoms with Crippen molar-refractivity contribution in [3.8, 4) is 11.5 Å². The number of nitrogens with zero attached hydrogens (tertiary/aromatic N) is 2. The van der Waals surface area contributed by atoms with Crippen molar-refractivity contribution in [3.63, 3.8) is 0 Å². The van der Waals surface area contributed by atoms with Gasteiger partial charge in [-0.25, -0.2) is 0 Å². The topological polar surface area (TPSA) is 42.0 Å². The largest absolute Gasteiger partial charge is 0.497 e. The standard InChI is InChI=1S/C29H40N2O3/c1-23(2)31-20-21-34-27-10-5-4-8-25(27)9-6-7-15-29(28(31)32)16-18-30(19-17-29)22-24-11-13-26(33-3)14-12-24/h4-5,8,10-14,23H,6-7,9,15-22H2,1-3H3. The van der Waals surface area contributed by atoms with Gasteiger partial charge in [-0.3, -0.25) is 9.69 Å². The van der Waals surface area contributed by atoms with Crippen LogP contribution in [0.3, 0.4) is 0 Å². The summed E-state index contributed by atoms with van der Waals surface area (Å²) in [4.78, 5) is 18.6. The number of ether oxygens (including phenoxy) is 2. The van der Waals surface area contributed by atoms with Crippen molar-refractivity contribution < 1.29 is 14.3 Å². The first-order chi connectivity index (χ1) is 16.5. The van der Waals surface area contributed by atoms with Crippen LogP contribution < -0.4 is 9.47 Å². The lowest BCUT2D eigenvalue weighted by Gasteiger charge is -2.44. The van der Waals surface area contributed by atoms with Crippen LogP contribution in [-0.2, 0) is 17.8 Å². The highest BCUT2D eigenvalue weighted by molar-refractivity contribution is 5.83. The molecule has 0 aliphatic carbocycles. The van der Waals surface area contributed by atoms with Crippen molar-refractivity contribution >= 4 is 5.91 Å². The number of amides is 1. The summed E-state index contributed by atoms with van der Waals surface area (Å²) in [6, 6.07) is 16.9. The van der Waals surface area contributed by atoms with Crippen LogP contribution >= 0.6 is 0 Å². The third-order valence-electron chi connectivity index (χ3n) is 7.63. The van der Waals surface area contributed by atoms with Crippen molar-refractivity contribution in [1.29, 1.82) is 0 Å². The van der Waals surface area contributed by atoms with E-state index in [0.717, 1.165) is 69.7 Å². The third kappa shape index (κ3) is 5.75. The predicted molar refractivity (Wildman–Crippen MR) is 136 cm³/mol. The van der Waals surface area contributed by atoms with Gasteiger partial charge in [0.05, 0.1) is 19.1 Å². The molecule has 1 amide bonds. The van der Waals surface area contributed by atoms with E-state index in [9.17, 15) is 4.79 Å². The Morgan fingerprint density at radius 3 is 2.41 bits per heavy atom. The zero-order chi connectivity index (χ0) is 24.0. The van der Waals surface area contributed by atoms with Gasteiger partial charge in [-0.2, -0.15) is 0 Å². The summed E-state index contributed by atoms with van der Waals surface area (Å²) in [6.07, 6.45) is 6.02. The highest BCUT2D eigenvalue weighted by Crippen LogP contribution is 2.40. The van der Waals surface area contributed by atoms with Crippen LogP contribution in [0.25, 0.3) is 0 Å².